The predicted octanol–water partition coefficient (Wildman–Crippen LogP) is 5.47. The maximum absolute atomic E-state index is 12.9. The Labute approximate surface area is 167 Å². The summed E-state index contributed by atoms with van der Waals surface area (Å²) in [6.07, 6.45) is 1.73. The number of carbonyl (C=O) groups excluding carboxylic acids is 2. The average molecular weight is 383 g/mol. The molecule has 0 fully saturated rings. The van der Waals surface area contributed by atoms with Crippen LogP contribution in [0.15, 0.2) is 60.7 Å². The summed E-state index contributed by atoms with van der Waals surface area (Å²) in [5, 5.41) is 0. The number of hydrogen-bond acceptors (Lipinski definition) is 4. The van der Waals surface area contributed by atoms with E-state index in [4.69, 9.17) is 9.47 Å². The van der Waals surface area contributed by atoms with E-state index < -0.39 is 11.2 Å². The zero-order valence-electron chi connectivity index (χ0n) is 17.2. The summed E-state index contributed by atoms with van der Waals surface area (Å²) in [5.74, 6) is -0.376. The predicted molar refractivity (Wildman–Crippen MR) is 111 cm³/mol. The Morgan fingerprint density at radius 2 is 1.36 bits per heavy atom. The average Bonchev–Trinajstić information content (AvgIpc) is 2.74. The molecule has 4 heteroatoms. The number of rotatable bonds is 10. The molecule has 0 amide bonds. The molecule has 28 heavy (non-hydrogen) atoms. The molecule has 2 aromatic carbocycles. The Bertz CT molecular complexity index is 772. The lowest BCUT2D eigenvalue weighted by molar-refractivity contribution is -0.0574. The molecule has 0 aliphatic rings. The highest BCUT2D eigenvalue weighted by atomic mass is 16.6. The maximum Gasteiger partial charge on any atom is 0.338 e. The van der Waals surface area contributed by atoms with E-state index in [1.165, 1.54) is 0 Å². The lowest BCUT2D eigenvalue weighted by Crippen LogP contribution is -2.40. The van der Waals surface area contributed by atoms with Crippen molar-refractivity contribution in [3.8, 4) is 0 Å². The van der Waals surface area contributed by atoms with Crippen LogP contribution in [-0.2, 0) is 9.47 Å². The third kappa shape index (κ3) is 5.52. The van der Waals surface area contributed by atoms with Crippen molar-refractivity contribution in [2.24, 2.45) is 0 Å². The maximum atomic E-state index is 12.9. The van der Waals surface area contributed by atoms with Gasteiger partial charge in [-0.25, -0.2) is 4.79 Å². The molecule has 0 radical (unpaired) electrons. The summed E-state index contributed by atoms with van der Waals surface area (Å²) >= 11 is 0. The highest BCUT2D eigenvalue weighted by Gasteiger charge is 2.35. The quantitative estimate of drug-likeness (QED) is 0.404. The van der Waals surface area contributed by atoms with E-state index in [0.29, 0.717) is 37.0 Å². The monoisotopic (exact) mass is 382 g/mol. The normalized spacial score (nSPS) is 15.3. The van der Waals surface area contributed by atoms with Gasteiger partial charge in [-0.1, -0.05) is 62.4 Å². The fourth-order valence-corrected chi connectivity index (χ4v) is 2.87. The van der Waals surface area contributed by atoms with Gasteiger partial charge >= 0.3 is 5.97 Å². The minimum absolute atomic E-state index is 0.0323. The van der Waals surface area contributed by atoms with Gasteiger partial charge in [-0.05, 0) is 38.8 Å². The van der Waals surface area contributed by atoms with Crippen LogP contribution in [0.25, 0.3) is 0 Å². The summed E-state index contributed by atoms with van der Waals surface area (Å²) in [5.41, 5.74) is -0.391. The molecule has 2 rings (SSSR count). The van der Waals surface area contributed by atoms with E-state index in [1.807, 2.05) is 64.1 Å². The molecule has 2 atom stereocenters. The molecule has 0 bridgehead atoms. The number of carbonyl (C=O) groups is 2. The van der Waals surface area contributed by atoms with Crippen LogP contribution in [0.4, 0.5) is 0 Å². The third-order valence-corrected chi connectivity index (χ3v) is 5.34. The second-order valence-corrected chi connectivity index (χ2v) is 7.44. The van der Waals surface area contributed by atoms with Crippen molar-refractivity contribution in [3.05, 3.63) is 71.8 Å². The van der Waals surface area contributed by atoms with Crippen molar-refractivity contribution >= 4 is 11.8 Å². The molecule has 2 aromatic rings. The number of benzene rings is 2. The van der Waals surface area contributed by atoms with Crippen molar-refractivity contribution in [2.75, 3.05) is 6.61 Å². The highest BCUT2D eigenvalue weighted by Crippen LogP contribution is 2.26. The van der Waals surface area contributed by atoms with Crippen LogP contribution in [0.3, 0.4) is 0 Å². The molecular weight excluding hydrogens is 352 g/mol. The van der Waals surface area contributed by atoms with Gasteiger partial charge < -0.3 is 9.47 Å². The molecule has 4 nitrogen and oxygen atoms in total. The van der Waals surface area contributed by atoms with Gasteiger partial charge in [0.2, 0.25) is 0 Å². The molecule has 0 aliphatic heterocycles. The van der Waals surface area contributed by atoms with Crippen LogP contribution in [0.1, 0.15) is 67.7 Å². The second kappa shape index (κ2) is 9.65. The topological polar surface area (TPSA) is 52.6 Å². The van der Waals surface area contributed by atoms with Crippen LogP contribution in [0, 0.1) is 0 Å². The van der Waals surface area contributed by atoms with E-state index in [-0.39, 0.29) is 11.8 Å². The zero-order valence-corrected chi connectivity index (χ0v) is 17.2. The Balaban J connectivity index is 1.99. The summed E-state index contributed by atoms with van der Waals surface area (Å²) in [6.45, 7) is 7.97. The smallest absolute Gasteiger partial charge is 0.338 e. The van der Waals surface area contributed by atoms with Gasteiger partial charge in [-0.2, -0.15) is 0 Å². The summed E-state index contributed by atoms with van der Waals surface area (Å²) in [6, 6.07) is 18.1. The van der Waals surface area contributed by atoms with Crippen LogP contribution in [0.2, 0.25) is 0 Å². The molecule has 0 saturated heterocycles. The van der Waals surface area contributed by atoms with E-state index in [9.17, 15) is 9.59 Å². The molecule has 0 aromatic heterocycles. The third-order valence-electron chi connectivity index (χ3n) is 5.34. The van der Waals surface area contributed by atoms with Crippen LogP contribution < -0.4 is 0 Å². The van der Waals surface area contributed by atoms with Crippen molar-refractivity contribution < 1.29 is 19.1 Å². The van der Waals surface area contributed by atoms with Gasteiger partial charge in [-0.3, -0.25) is 4.79 Å². The Morgan fingerprint density at radius 1 is 0.821 bits per heavy atom. The first-order valence-electron chi connectivity index (χ1n) is 9.86. The number of ketones is 1. The first-order chi connectivity index (χ1) is 13.3. The highest BCUT2D eigenvalue weighted by molar-refractivity contribution is 6.02. The Hall–Kier alpha value is -2.46. The molecule has 1 unspecified atom stereocenters. The Morgan fingerprint density at radius 3 is 1.86 bits per heavy atom. The largest absolute Gasteiger partial charge is 0.456 e. The van der Waals surface area contributed by atoms with Gasteiger partial charge in [0.1, 0.15) is 11.2 Å². The molecule has 0 saturated carbocycles. The van der Waals surface area contributed by atoms with E-state index >= 15 is 0 Å². The van der Waals surface area contributed by atoms with Crippen molar-refractivity contribution in [2.45, 2.75) is 58.2 Å². The van der Waals surface area contributed by atoms with Crippen molar-refractivity contribution in [3.63, 3.8) is 0 Å². The number of Topliss-reactive ketones (excluding diaryl/α,β-unsaturated/α-hetero) is 1. The van der Waals surface area contributed by atoms with Crippen LogP contribution in [0.5, 0.6) is 0 Å². The fraction of sp³-hybridized carbons (Fsp3) is 0.417. The second-order valence-electron chi connectivity index (χ2n) is 7.44. The molecule has 0 spiro atoms. The molecule has 0 heterocycles. The number of ether oxygens (including phenoxy) is 2. The van der Waals surface area contributed by atoms with Gasteiger partial charge in [0.25, 0.3) is 0 Å². The van der Waals surface area contributed by atoms with Crippen LogP contribution >= 0.6 is 0 Å². The summed E-state index contributed by atoms with van der Waals surface area (Å²) in [4.78, 5) is 25.3. The number of hydrogen-bond donors (Lipinski definition) is 0. The minimum atomic E-state index is -0.903. The van der Waals surface area contributed by atoms with Crippen molar-refractivity contribution in [1.29, 1.82) is 0 Å². The minimum Gasteiger partial charge on any atom is -0.456 e. The van der Waals surface area contributed by atoms with Gasteiger partial charge in [0, 0.05) is 12.0 Å². The van der Waals surface area contributed by atoms with Gasteiger partial charge in [0.15, 0.2) is 5.78 Å². The van der Waals surface area contributed by atoms with E-state index in [0.717, 1.165) is 0 Å². The molecule has 0 N–H and O–H groups in total. The lowest BCUT2D eigenvalue weighted by Gasteiger charge is -2.32. The van der Waals surface area contributed by atoms with E-state index in [2.05, 4.69) is 0 Å². The summed E-state index contributed by atoms with van der Waals surface area (Å²) in [7, 11) is 0. The molecule has 0 aliphatic carbocycles. The first-order valence-corrected chi connectivity index (χ1v) is 9.86. The van der Waals surface area contributed by atoms with Gasteiger partial charge in [-0.15, -0.1) is 0 Å². The lowest BCUT2D eigenvalue weighted by atomic mass is 9.91. The fourth-order valence-electron chi connectivity index (χ4n) is 2.87. The Kier molecular flexibility index (Phi) is 7.53. The molecular formula is C24H30O4. The number of esters is 1. The standard InChI is InChI=1S/C24H30O4/c1-5-23(3,28-22(26)20-15-11-8-12-16-20)17-18-27-24(4,6-2)21(25)19-13-9-7-10-14-19/h7-16H,5-6,17-18H2,1-4H3/t23?,24-/m0/s1. The summed E-state index contributed by atoms with van der Waals surface area (Å²) < 4.78 is 11.8. The SMILES string of the molecule is CCC(C)(CCO[C@@](C)(CC)C(=O)c1ccccc1)OC(=O)c1ccccc1. The van der Waals surface area contributed by atoms with Gasteiger partial charge in [0.05, 0.1) is 12.2 Å². The van der Waals surface area contributed by atoms with Crippen molar-refractivity contribution in [1.82, 2.24) is 0 Å². The molecule has 150 valence electrons. The van der Waals surface area contributed by atoms with E-state index in [1.54, 1.807) is 24.3 Å². The first kappa shape index (κ1) is 21.8. The van der Waals surface area contributed by atoms with Crippen LogP contribution in [-0.4, -0.2) is 29.6 Å². The zero-order chi connectivity index (χ0) is 20.6.